The first kappa shape index (κ1) is 9.67. The van der Waals surface area contributed by atoms with E-state index in [-0.39, 0.29) is 0 Å². The number of oxazole rings is 1. The van der Waals surface area contributed by atoms with E-state index in [0.29, 0.717) is 18.2 Å². The number of nitrogens with zero attached hydrogens (tertiary/aromatic N) is 1. The summed E-state index contributed by atoms with van der Waals surface area (Å²) >= 11 is 5.68. The largest absolute Gasteiger partial charge is 0.440 e. The third-order valence-corrected chi connectivity index (χ3v) is 2.82. The molecule has 0 radical (unpaired) electrons. The van der Waals surface area contributed by atoms with Crippen molar-refractivity contribution >= 4 is 33.5 Å². The summed E-state index contributed by atoms with van der Waals surface area (Å²) in [5.74, 6) is 1.24. The van der Waals surface area contributed by atoms with Crippen LogP contribution in [0.3, 0.4) is 0 Å². The van der Waals surface area contributed by atoms with Gasteiger partial charge in [-0.3, -0.25) is 0 Å². The molecule has 2 aromatic carbocycles. The molecule has 0 saturated heterocycles. The Morgan fingerprint density at radius 1 is 1.12 bits per heavy atom. The maximum absolute atomic E-state index is 5.73. The van der Waals surface area contributed by atoms with E-state index < -0.39 is 0 Å². The van der Waals surface area contributed by atoms with Crippen LogP contribution in [0.1, 0.15) is 5.89 Å². The zero-order valence-corrected chi connectivity index (χ0v) is 9.37. The Bertz CT molecular complexity index is 645. The molecular formula is C13H10ClNO. The second-order valence-electron chi connectivity index (χ2n) is 3.68. The number of benzene rings is 2. The molecule has 0 saturated carbocycles. The minimum atomic E-state index is 0.532. The molecule has 1 aromatic heterocycles. The Morgan fingerprint density at radius 3 is 2.88 bits per heavy atom. The summed E-state index contributed by atoms with van der Waals surface area (Å²) in [5, 5.41) is 2.27. The lowest BCUT2D eigenvalue weighted by atomic mass is 10.1. The Kier molecular flexibility index (Phi) is 2.29. The SMILES string of the molecule is ClCCc1nc2ccc3ccccc3c2o1. The summed E-state index contributed by atoms with van der Waals surface area (Å²) in [6.07, 6.45) is 0.671. The standard InChI is InChI=1S/C13H10ClNO/c14-8-7-12-15-11-6-5-9-3-1-2-4-10(9)13(11)16-12/h1-6H,7-8H2. The lowest BCUT2D eigenvalue weighted by Gasteiger charge is -1.95. The van der Waals surface area contributed by atoms with Crippen molar-refractivity contribution in [2.75, 3.05) is 5.88 Å². The summed E-state index contributed by atoms with van der Waals surface area (Å²) in [6.45, 7) is 0. The number of fused-ring (bicyclic) bond motifs is 3. The maximum atomic E-state index is 5.73. The molecule has 0 spiro atoms. The monoisotopic (exact) mass is 231 g/mol. The van der Waals surface area contributed by atoms with E-state index in [4.69, 9.17) is 16.0 Å². The van der Waals surface area contributed by atoms with Crippen LogP contribution < -0.4 is 0 Å². The van der Waals surface area contributed by atoms with Crippen LogP contribution in [0.5, 0.6) is 0 Å². The van der Waals surface area contributed by atoms with Crippen molar-refractivity contribution in [1.82, 2.24) is 4.98 Å². The number of halogens is 1. The molecule has 16 heavy (non-hydrogen) atoms. The molecule has 1 heterocycles. The first-order chi connectivity index (χ1) is 7.88. The van der Waals surface area contributed by atoms with Gasteiger partial charge in [0.25, 0.3) is 0 Å². The lowest BCUT2D eigenvalue weighted by Crippen LogP contribution is -1.83. The van der Waals surface area contributed by atoms with E-state index in [2.05, 4.69) is 17.1 Å². The fourth-order valence-electron chi connectivity index (χ4n) is 1.89. The smallest absolute Gasteiger partial charge is 0.196 e. The van der Waals surface area contributed by atoms with E-state index >= 15 is 0 Å². The molecule has 0 aliphatic heterocycles. The summed E-state index contributed by atoms with van der Waals surface area (Å²) in [5.41, 5.74) is 1.76. The maximum Gasteiger partial charge on any atom is 0.196 e. The zero-order chi connectivity index (χ0) is 11.0. The van der Waals surface area contributed by atoms with Gasteiger partial charge >= 0.3 is 0 Å². The van der Waals surface area contributed by atoms with Crippen molar-refractivity contribution in [2.24, 2.45) is 0 Å². The van der Waals surface area contributed by atoms with E-state index in [1.54, 1.807) is 0 Å². The minimum Gasteiger partial charge on any atom is -0.440 e. The highest BCUT2D eigenvalue weighted by Crippen LogP contribution is 2.25. The Balaban J connectivity index is 2.32. The third-order valence-electron chi connectivity index (χ3n) is 2.63. The molecule has 0 N–H and O–H groups in total. The fraction of sp³-hybridized carbons (Fsp3) is 0.154. The molecule has 3 heteroatoms. The molecule has 0 atom stereocenters. The van der Waals surface area contributed by atoms with Crippen molar-refractivity contribution in [2.45, 2.75) is 6.42 Å². The lowest BCUT2D eigenvalue weighted by molar-refractivity contribution is 0.541. The van der Waals surface area contributed by atoms with Gasteiger partial charge in [0.15, 0.2) is 11.5 Å². The number of aromatic nitrogens is 1. The average molecular weight is 232 g/mol. The van der Waals surface area contributed by atoms with Gasteiger partial charge in [0.1, 0.15) is 5.52 Å². The van der Waals surface area contributed by atoms with Gasteiger partial charge in [-0.15, -0.1) is 11.6 Å². The van der Waals surface area contributed by atoms with Crippen LogP contribution in [0.15, 0.2) is 40.8 Å². The number of hydrogen-bond acceptors (Lipinski definition) is 2. The normalized spacial score (nSPS) is 11.3. The van der Waals surface area contributed by atoms with Crippen LogP contribution in [-0.4, -0.2) is 10.9 Å². The quantitative estimate of drug-likeness (QED) is 0.628. The summed E-state index contributed by atoms with van der Waals surface area (Å²) in [4.78, 5) is 4.40. The van der Waals surface area contributed by atoms with Gasteiger partial charge in [0, 0.05) is 17.7 Å². The topological polar surface area (TPSA) is 26.0 Å². The molecule has 0 bridgehead atoms. The molecule has 0 aliphatic rings. The van der Waals surface area contributed by atoms with Crippen molar-refractivity contribution < 1.29 is 4.42 Å². The van der Waals surface area contributed by atoms with Gasteiger partial charge in [-0.1, -0.05) is 30.3 Å². The van der Waals surface area contributed by atoms with Crippen LogP contribution in [0.4, 0.5) is 0 Å². The first-order valence-electron chi connectivity index (χ1n) is 5.21. The van der Waals surface area contributed by atoms with Gasteiger partial charge in [-0.05, 0) is 11.5 Å². The number of hydrogen-bond donors (Lipinski definition) is 0. The van der Waals surface area contributed by atoms with Crippen LogP contribution in [0, 0.1) is 0 Å². The summed E-state index contributed by atoms with van der Waals surface area (Å²) in [7, 11) is 0. The summed E-state index contributed by atoms with van der Waals surface area (Å²) in [6, 6.07) is 12.2. The van der Waals surface area contributed by atoms with E-state index in [0.717, 1.165) is 16.5 Å². The Hall–Kier alpha value is -1.54. The molecule has 2 nitrogen and oxygen atoms in total. The highest BCUT2D eigenvalue weighted by molar-refractivity contribution is 6.17. The summed E-state index contributed by atoms with van der Waals surface area (Å²) < 4.78 is 5.73. The molecule has 0 amide bonds. The van der Waals surface area contributed by atoms with Gasteiger partial charge in [-0.2, -0.15) is 0 Å². The van der Waals surface area contributed by atoms with Crippen molar-refractivity contribution in [1.29, 1.82) is 0 Å². The van der Waals surface area contributed by atoms with Gasteiger partial charge < -0.3 is 4.42 Å². The van der Waals surface area contributed by atoms with Crippen molar-refractivity contribution in [3.05, 3.63) is 42.3 Å². The van der Waals surface area contributed by atoms with E-state index in [1.165, 1.54) is 5.39 Å². The Morgan fingerprint density at radius 2 is 2.00 bits per heavy atom. The molecule has 3 aromatic rings. The van der Waals surface area contributed by atoms with Crippen LogP contribution in [-0.2, 0) is 6.42 Å². The predicted molar refractivity (Wildman–Crippen MR) is 65.9 cm³/mol. The minimum absolute atomic E-state index is 0.532. The highest BCUT2D eigenvalue weighted by atomic mass is 35.5. The fourth-order valence-corrected chi connectivity index (χ4v) is 2.05. The molecule has 0 aliphatic carbocycles. The van der Waals surface area contributed by atoms with Gasteiger partial charge in [0.05, 0.1) is 0 Å². The molecule has 3 rings (SSSR count). The average Bonchev–Trinajstić information content (AvgIpc) is 2.72. The zero-order valence-electron chi connectivity index (χ0n) is 8.61. The third kappa shape index (κ3) is 1.46. The van der Waals surface area contributed by atoms with Crippen LogP contribution in [0.2, 0.25) is 0 Å². The molecule has 0 fully saturated rings. The van der Waals surface area contributed by atoms with Crippen molar-refractivity contribution in [3.63, 3.8) is 0 Å². The molecule has 0 unspecified atom stereocenters. The first-order valence-corrected chi connectivity index (χ1v) is 5.75. The number of aryl methyl sites for hydroxylation is 1. The number of rotatable bonds is 2. The molecular weight excluding hydrogens is 222 g/mol. The highest BCUT2D eigenvalue weighted by Gasteiger charge is 2.08. The van der Waals surface area contributed by atoms with Crippen LogP contribution in [0.25, 0.3) is 21.9 Å². The second kappa shape index (κ2) is 3.80. The van der Waals surface area contributed by atoms with Gasteiger partial charge in [-0.25, -0.2) is 4.98 Å². The molecule has 80 valence electrons. The van der Waals surface area contributed by atoms with E-state index in [9.17, 15) is 0 Å². The van der Waals surface area contributed by atoms with Crippen molar-refractivity contribution in [3.8, 4) is 0 Å². The van der Waals surface area contributed by atoms with Gasteiger partial charge in [0.2, 0.25) is 0 Å². The predicted octanol–water partition coefficient (Wildman–Crippen LogP) is 3.76. The number of alkyl halides is 1. The van der Waals surface area contributed by atoms with E-state index in [1.807, 2.05) is 24.3 Å². The van der Waals surface area contributed by atoms with Crippen LogP contribution >= 0.6 is 11.6 Å². The Labute approximate surface area is 97.8 Å². The second-order valence-corrected chi connectivity index (χ2v) is 4.06.